The normalized spacial score (nSPS) is 10.6. The van der Waals surface area contributed by atoms with Crippen LogP contribution in [0.2, 0.25) is 0 Å². The third-order valence-electron chi connectivity index (χ3n) is 3.12. The summed E-state index contributed by atoms with van der Waals surface area (Å²) in [6.07, 6.45) is 7.71. The highest BCUT2D eigenvalue weighted by Gasteiger charge is 2.12. The van der Waals surface area contributed by atoms with E-state index < -0.39 is 0 Å². The summed E-state index contributed by atoms with van der Waals surface area (Å²) in [5, 5.41) is 3.26. The van der Waals surface area contributed by atoms with Gasteiger partial charge in [0.05, 0.1) is 4.47 Å². The van der Waals surface area contributed by atoms with Crippen LogP contribution >= 0.6 is 15.9 Å². The van der Waals surface area contributed by atoms with Crippen molar-refractivity contribution in [3.8, 4) is 0 Å². The summed E-state index contributed by atoms with van der Waals surface area (Å²) < 4.78 is 0.978. The third kappa shape index (κ3) is 5.65. The molecule has 0 atom stereocenters. The molecule has 1 N–H and O–H groups in total. The van der Waals surface area contributed by atoms with Crippen LogP contribution in [0.4, 0.5) is 11.8 Å². The molecule has 0 radical (unpaired) electrons. The first-order chi connectivity index (χ1) is 9.72. The largest absolute Gasteiger partial charge is 0.356 e. The quantitative estimate of drug-likeness (QED) is 0.681. The number of halogens is 1. The molecule has 0 spiro atoms. The van der Waals surface area contributed by atoms with Crippen molar-refractivity contribution < 1.29 is 0 Å². The maximum absolute atomic E-state index is 4.67. The predicted octanol–water partition coefficient (Wildman–Crippen LogP) is 4.47. The van der Waals surface area contributed by atoms with Crippen LogP contribution < -0.4 is 10.2 Å². The van der Waals surface area contributed by atoms with E-state index in [4.69, 9.17) is 0 Å². The molecule has 0 fully saturated rings. The first-order valence-electron chi connectivity index (χ1n) is 7.74. The summed E-state index contributed by atoms with van der Waals surface area (Å²) in [6.45, 7) is 9.60. The number of nitrogens with zero attached hydrogens (tertiary/aromatic N) is 3. The average molecular weight is 343 g/mol. The lowest BCUT2D eigenvalue weighted by Crippen LogP contribution is -2.27. The molecule has 0 aliphatic rings. The first kappa shape index (κ1) is 17.2. The lowest BCUT2D eigenvalue weighted by molar-refractivity contribution is 0.669. The topological polar surface area (TPSA) is 41.1 Å². The number of hydrogen-bond donors (Lipinski definition) is 1. The van der Waals surface area contributed by atoms with Gasteiger partial charge in [-0.3, -0.25) is 0 Å². The van der Waals surface area contributed by atoms with Gasteiger partial charge in [-0.2, -0.15) is 4.98 Å². The second-order valence-corrected chi connectivity index (χ2v) is 5.84. The molecule has 1 rings (SSSR count). The minimum Gasteiger partial charge on any atom is -0.356 e. The zero-order chi connectivity index (χ0) is 14.8. The molecule has 0 saturated carbocycles. The Balaban J connectivity index is 2.85. The van der Waals surface area contributed by atoms with Crippen LogP contribution in [-0.4, -0.2) is 29.6 Å². The monoisotopic (exact) mass is 342 g/mol. The van der Waals surface area contributed by atoms with Crippen molar-refractivity contribution >= 4 is 27.7 Å². The Morgan fingerprint density at radius 3 is 2.30 bits per heavy atom. The Kier molecular flexibility index (Phi) is 8.58. The van der Waals surface area contributed by atoms with Gasteiger partial charge in [-0.05, 0) is 35.2 Å². The number of nitrogens with one attached hydrogen (secondary N) is 1. The van der Waals surface area contributed by atoms with Crippen LogP contribution in [0.5, 0.6) is 0 Å². The lowest BCUT2D eigenvalue weighted by atomic mass is 10.2. The summed E-state index contributed by atoms with van der Waals surface area (Å²) in [5.41, 5.74) is 0. The number of anilines is 2. The Labute approximate surface area is 131 Å². The molecule has 0 unspecified atom stereocenters. The van der Waals surface area contributed by atoms with E-state index in [9.17, 15) is 0 Å². The SMILES string of the molecule is CCCCN(CCCC)c1nc(NCCC)ncc1Br. The lowest BCUT2D eigenvalue weighted by Gasteiger charge is -2.24. The molecule has 1 aromatic rings. The number of unbranched alkanes of at least 4 members (excludes halogenated alkanes) is 2. The average Bonchev–Trinajstić information content (AvgIpc) is 2.47. The Bertz CT molecular complexity index is 376. The van der Waals surface area contributed by atoms with Gasteiger partial charge < -0.3 is 10.2 Å². The summed E-state index contributed by atoms with van der Waals surface area (Å²) in [5.74, 6) is 1.74. The molecule has 5 heteroatoms. The number of aromatic nitrogens is 2. The van der Waals surface area contributed by atoms with E-state index in [1.165, 1.54) is 25.7 Å². The van der Waals surface area contributed by atoms with Gasteiger partial charge in [0.25, 0.3) is 0 Å². The van der Waals surface area contributed by atoms with Crippen LogP contribution in [0.1, 0.15) is 52.9 Å². The van der Waals surface area contributed by atoms with Crippen molar-refractivity contribution in [2.45, 2.75) is 52.9 Å². The molecule has 1 heterocycles. The van der Waals surface area contributed by atoms with Crippen molar-refractivity contribution in [1.29, 1.82) is 0 Å². The van der Waals surface area contributed by atoms with E-state index in [1.54, 1.807) is 0 Å². The van der Waals surface area contributed by atoms with Crippen molar-refractivity contribution in [1.82, 2.24) is 9.97 Å². The molecule has 1 aromatic heterocycles. The van der Waals surface area contributed by atoms with Gasteiger partial charge in [-0.1, -0.05) is 33.6 Å². The molecule has 0 bridgehead atoms. The van der Waals surface area contributed by atoms with E-state index in [2.05, 4.69) is 56.9 Å². The second kappa shape index (κ2) is 9.97. The maximum atomic E-state index is 4.67. The molecular formula is C15H27BrN4. The fraction of sp³-hybridized carbons (Fsp3) is 0.733. The Hall–Kier alpha value is -0.840. The van der Waals surface area contributed by atoms with E-state index in [0.29, 0.717) is 0 Å². The van der Waals surface area contributed by atoms with Crippen LogP contribution in [0.25, 0.3) is 0 Å². The third-order valence-corrected chi connectivity index (χ3v) is 3.68. The van der Waals surface area contributed by atoms with Crippen LogP contribution in [0, 0.1) is 0 Å². The van der Waals surface area contributed by atoms with Crippen LogP contribution in [-0.2, 0) is 0 Å². The summed E-state index contributed by atoms with van der Waals surface area (Å²) >= 11 is 3.59. The smallest absolute Gasteiger partial charge is 0.224 e. The van der Waals surface area contributed by atoms with Crippen molar-refractivity contribution in [2.75, 3.05) is 29.9 Å². The molecule has 0 aromatic carbocycles. The Morgan fingerprint density at radius 2 is 1.75 bits per heavy atom. The fourth-order valence-electron chi connectivity index (χ4n) is 1.92. The molecule has 0 amide bonds. The highest BCUT2D eigenvalue weighted by atomic mass is 79.9. The molecule has 0 aliphatic heterocycles. The van der Waals surface area contributed by atoms with E-state index in [0.717, 1.165) is 42.3 Å². The second-order valence-electron chi connectivity index (χ2n) is 4.99. The Morgan fingerprint density at radius 1 is 1.10 bits per heavy atom. The molecular weight excluding hydrogens is 316 g/mol. The van der Waals surface area contributed by atoms with Gasteiger partial charge in [-0.15, -0.1) is 0 Å². The number of hydrogen-bond acceptors (Lipinski definition) is 4. The van der Waals surface area contributed by atoms with Crippen LogP contribution in [0.15, 0.2) is 10.7 Å². The first-order valence-corrected chi connectivity index (χ1v) is 8.53. The summed E-state index contributed by atoms with van der Waals surface area (Å²) in [4.78, 5) is 11.4. The fourth-order valence-corrected chi connectivity index (χ4v) is 2.37. The van der Waals surface area contributed by atoms with Crippen molar-refractivity contribution in [2.24, 2.45) is 0 Å². The zero-order valence-corrected chi connectivity index (χ0v) is 14.5. The van der Waals surface area contributed by atoms with Gasteiger partial charge >= 0.3 is 0 Å². The summed E-state index contributed by atoms with van der Waals surface area (Å²) in [7, 11) is 0. The highest BCUT2D eigenvalue weighted by Crippen LogP contribution is 2.25. The van der Waals surface area contributed by atoms with Gasteiger partial charge in [0.2, 0.25) is 5.95 Å². The van der Waals surface area contributed by atoms with Gasteiger partial charge in [0.1, 0.15) is 5.82 Å². The minimum atomic E-state index is 0.725. The number of rotatable bonds is 10. The van der Waals surface area contributed by atoms with E-state index in [1.807, 2.05) is 6.20 Å². The van der Waals surface area contributed by atoms with Crippen molar-refractivity contribution in [3.05, 3.63) is 10.7 Å². The molecule has 20 heavy (non-hydrogen) atoms. The highest BCUT2D eigenvalue weighted by molar-refractivity contribution is 9.10. The maximum Gasteiger partial charge on any atom is 0.224 e. The standard InChI is InChI=1S/C15H27BrN4/c1-4-7-10-20(11-8-5-2)14-13(16)12-18-15(19-14)17-9-6-3/h12H,4-11H2,1-3H3,(H,17,18,19). The zero-order valence-electron chi connectivity index (χ0n) is 13.0. The van der Waals surface area contributed by atoms with Gasteiger partial charge in [0, 0.05) is 25.8 Å². The molecule has 0 aliphatic carbocycles. The molecule has 114 valence electrons. The van der Waals surface area contributed by atoms with Gasteiger partial charge in [-0.25, -0.2) is 4.98 Å². The molecule has 4 nitrogen and oxygen atoms in total. The van der Waals surface area contributed by atoms with E-state index in [-0.39, 0.29) is 0 Å². The minimum absolute atomic E-state index is 0.725. The summed E-state index contributed by atoms with van der Waals surface area (Å²) in [6, 6.07) is 0. The van der Waals surface area contributed by atoms with Crippen LogP contribution in [0.3, 0.4) is 0 Å². The van der Waals surface area contributed by atoms with E-state index >= 15 is 0 Å². The molecule has 0 saturated heterocycles. The van der Waals surface area contributed by atoms with Crippen molar-refractivity contribution in [3.63, 3.8) is 0 Å². The predicted molar refractivity (Wildman–Crippen MR) is 90.5 cm³/mol. The van der Waals surface area contributed by atoms with Gasteiger partial charge in [0.15, 0.2) is 0 Å².